The van der Waals surface area contributed by atoms with Gasteiger partial charge in [-0.25, -0.2) is 0 Å². The molecule has 0 spiro atoms. The third-order valence-electron chi connectivity index (χ3n) is 1.98. The molecular weight excluding hydrogens is 144 g/mol. The van der Waals surface area contributed by atoms with Crippen LogP contribution in [0.3, 0.4) is 0 Å². The predicted octanol–water partition coefficient (Wildman–Crippen LogP) is 3.73. The lowest BCUT2D eigenvalue weighted by molar-refractivity contribution is 1.33. The molecule has 0 radical (unpaired) electrons. The molecule has 0 heteroatoms. The summed E-state index contributed by atoms with van der Waals surface area (Å²) >= 11 is 0. The average Bonchev–Trinajstić information content (AvgIpc) is 1.97. The van der Waals surface area contributed by atoms with Gasteiger partial charge in [-0.2, -0.15) is 0 Å². The highest BCUT2D eigenvalue weighted by Gasteiger charge is 1.96. The summed E-state index contributed by atoms with van der Waals surface area (Å²) in [7, 11) is 0. The zero-order valence-electron chi connectivity index (χ0n) is 8.31. The van der Waals surface area contributed by atoms with Crippen LogP contribution in [0.15, 0.2) is 23.8 Å². The molecule has 0 saturated heterocycles. The molecular formula is C12H16. The Kier molecular flexibility index (Phi) is 2.69. The Morgan fingerprint density at radius 2 is 1.58 bits per heavy atom. The summed E-state index contributed by atoms with van der Waals surface area (Å²) in [5.74, 6) is 0. The average molecular weight is 160 g/mol. The van der Waals surface area contributed by atoms with E-state index in [4.69, 9.17) is 0 Å². The summed E-state index contributed by atoms with van der Waals surface area (Å²) in [4.78, 5) is 0. The standard InChI is InChI=1S/C12H16/c1-9(2)8-12-10(3)6-5-7-11(12)4/h5-8H,1-4H3. The van der Waals surface area contributed by atoms with Crippen molar-refractivity contribution >= 4 is 6.08 Å². The fourth-order valence-corrected chi connectivity index (χ4v) is 1.34. The molecule has 0 amide bonds. The van der Waals surface area contributed by atoms with Crippen LogP contribution < -0.4 is 0 Å². The van der Waals surface area contributed by atoms with Gasteiger partial charge < -0.3 is 0 Å². The van der Waals surface area contributed by atoms with Crippen LogP contribution in [0.5, 0.6) is 0 Å². The molecule has 0 aliphatic carbocycles. The Morgan fingerprint density at radius 3 is 2.00 bits per heavy atom. The van der Waals surface area contributed by atoms with E-state index in [1.54, 1.807) is 0 Å². The van der Waals surface area contributed by atoms with Crippen LogP contribution in [-0.2, 0) is 0 Å². The van der Waals surface area contributed by atoms with Gasteiger partial charge in [0.2, 0.25) is 0 Å². The van der Waals surface area contributed by atoms with Crippen molar-refractivity contribution in [3.05, 3.63) is 40.5 Å². The van der Waals surface area contributed by atoms with Crippen LogP contribution in [0.1, 0.15) is 30.5 Å². The molecule has 0 aliphatic rings. The Balaban J connectivity index is 3.22. The van der Waals surface area contributed by atoms with Crippen molar-refractivity contribution < 1.29 is 0 Å². The topological polar surface area (TPSA) is 0 Å². The minimum atomic E-state index is 1.35. The van der Waals surface area contributed by atoms with E-state index in [1.807, 2.05) is 0 Å². The minimum Gasteiger partial charge on any atom is -0.0758 e. The normalized spacial score (nSPS) is 9.67. The first-order valence-corrected chi connectivity index (χ1v) is 4.32. The number of hydrogen-bond donors (Lipinski definition) is 0. The van der Waals surface area contributed by atoms with Crippen molar-refractivity contribution in [3.63, 3.8) is 0 Å². The second kappa shape index (κ2) is 3.57. The van der Waals surface area contributed by atoms with E-state index >= 15 is 0 Å². The SMILES string of the molecule is CC(C)=Cc1c(C)cccc1C. The molecule has 0 unspecified atom stereocenters. The maximum absolute atomic E-state index is 2.24. The molecule has 0 heterocycles. The molecule has 0 N–H and O–H groups in total. The van der Waals surface area contributed by atoms with Crippen LogP contribution in [-0.4, -0.2) is 0 Å². The van der Waals surface area contributed by atoms with Crippen molar-refractivity contribution in [2.45, 2.75) is 27.7 Å². The van der Waals surface area contributed by atoms with Crippen LogP contribution >= 0.6 is 0 Å². The molecule has 0 aliphatic heterocycles. The van der Waals surface area contributed by atoms with Crippen molar-refractivity contribution in [3.8, 4) is 0 Å². The Bertz CT molecular complexity index is 282. The molecule has 0 saturated carbocycles. The van der Waals surface area contributed by atoms with Crippen LogP contribution in [0.25, 0.3) is 6.08 Å². The molecule has 64 valence electrons. The lowest BCUT2D eigenvalue weighted by atomic mass is 10.0. The highest BCUT2D eigenvalue weighted by atomic mass is 14.0. The third kappa shape index (κ3) is 1.97. The van der Waals surface area contributed by atoms with Gasteiger partial charge in [0.1, 0.15) is 0 Å². The van der Waals surface area contributed by atoms with Gasteiger partial charge in [-0.15, -0.1) is 0 Å². The first-order chi connectivity index (χ1) is 5.61. The largest absolute Gasteiger partial charge is 0.0758 e. The van der Waals surface area contributed by atoms with Crippen molar-refractivity contribution in [1.82, 2.24) is 0 Å². The van der Waals surface area contributed by atoms with Gasteiger partial charge in [-0.05, 0) is 44.4 Å². The Hall–Kier alpha value is -1.04. The third-order valence-corrected chi connectivity index (χ3v) is 1.98. The van der Waals surface area contributed by atoms with E-state index in [0.29, 0.717) is 0 Å². The lowest BCUT2D eigenvalue weighted by Crippen LogP contribution is -1.85. The monoisotopic (exact) mass is 160 g/mol. The van der Waals surface area contributed by atoms with Gasteiger partial charge in [0.25, 0.3) is 0 Å². The molecule has 0 nitrogen and oxygen atoms in total. The smallest absolute Gasteiger partial charge is 0.0199 e. The first-order valence-electron chi connectivity index (χ1n) is 4.32. The van der Waals surface area contributed by atoms with Crippen LogP contribution in [0.2, 0.25) is 0 Å². The molecule has 0 fully saturated rings. The predicted molar refractivity (Wildman–Crippen MR) is 55.2 cm³/mol. The van der Waals surface area contributed by atoms with Gasteiger partial charge in [0.15, 0.2) is 0 Å². The molecule has 1 aromatic rings. The number of rotatable bonds is 1. The zero-order valence-corrected chi connectivity index (χ0v) is 8.31. The molecule has 1 aromatic carbocycles. The summed E-state index contributed by atoms with van der Waals surface area (Å²) in [6.07, 6.45) is 2.24. The molecule has 0 aromatic heterocycles. The van der Waals surface area contributed by atoms with Gasteiger partial charge in [0.05, 0.1) is 0 Å². The fraction of sp³-hybridized carbons (Fsp3) is 0.333. The van der Waals surface area contributed by atoms with Crippen LogP contribution in [0, 0.1) is 13.8 Å². The van der Waals surface area contributed by atoms with Gasteiger partial charge in [-0.3, -0.25) is 0 Å². The van der Waals surface area contributed by atoms with Crippen LogP contribution in [0.4, 0.5) is 0 Å². The fourth-order valence-electron chi connectivity index (χ4n) is 1.34. The van der Waals surface area contributed by atoms with E-state index in [0.717, 1.165) is 0 Å². The highest BCUT2D eigenvalue weighted by molar-refractivity contribution is 5.59. The second-order valence-corrected chi connectivity index (χ2v) is 3.53. The quantitative estimate of drug-likeness (QED) is 0.587. The van der Waals surface area contributed by atoms with Crippen molar-refractivity contribution in [2.24, 2.45) is 0 Å². The molecule has 1 rings (SSSR count). The molecule has 12 heavy (non-hydrogen) atoms. The number of benzene rings is 1. The minimum absolute atomic E-state index is 1.35. The van der Waals surface area contributed by atoms with E-state index < -0.39 is 0 Å². The number of aryl methyl sites for hydroxylation is 2. The second-order valence-electron chi connectivity index (χ2n) is 3.53. The Labute approximate surface area is 74.9 Å². The van der Waals surface area contributed by atoms with E-state index in [2.05, 4.69) is 52.0 Å². The summed E-state index contributed by atoms with van der Waals surface area (Å²) < 4.78 is 0. The lowest BCUT2D eigenvalue weighted by Gasteiger charge is -2.04. The van der Waals surface area contributed by atoms with E-state index in [9.17, 15) is 0 Å². The van der Waals surface area contributed by atoms with E-state index in [1.165, 1.54) is 22.3 Å². The van der Waals surface area contributed by atoms with Crippen molar-refractivity contribution in [1.29, 1.82) is 0 Å². The number of hydrogen-bond acceptors (Lipinski definition) is 0. The maximum Gasteiger partial charge on any atom is -0.0199 e. The molecule has 0 atom stereocenters. The summed E-state index contributed by atoms with van der Waals surface area (Å²) in [6, 6.07) is 6.41. The summed E-state index contributed by atoms with van der Waals surface area (Å²) in [5, 5.41) is 0. The summed E-state index contributed by atoms with van der Waals surface area (Å²) in [5.41, 5.74) is 5.44. The van der Waals surface area contributed by atoms with Crippen molar-refractivity contribution in [2.75, 3.05) is 0 Å². The summed E-state index contributed by atoms with van der Waals surface area (Å²) in [6.45, 7) is 8.57. The maximum atomic E-state index is 2.24. The zero-order chi connectivity index (χ0) is 9.14. The number of allylic oxidation sites excluding steroid dienone is 1. The van der Waals surface area contributed by atoms with Gasteiger partial charge in [0, 0.05) is 0 Å². The highest BCUT2D eigenvalue weighted by Crippen LogP contribution is 2.16. The van der Waals surface area contributed by atoms with Gasteiger partial charge in [-0.1, -0.05) is 29.8 Å². The molecule has 0 bridgehead atoms. The Morgan fingerprint density at radius 1 is 1.08 bits per heavy atom. The first kappa shape index (κ1) is 9.05. The van der Waals surface area contributed by atoms with E-state index in [-0.39, 0.29) is 0 Å². The van der Waals surface area contributed by atoms with Gasteiger partial charge >= 0.3 is 0 Å².